The highest BCUT2D eigenvalue weighted by atomic mass is 16.6. The lowest BCUT2D eigenvalue weighted by Crippen LogP contribution is -2.61. The van der Waals surface area contributed by atoms with Crippen LogP contribution in [0.3, 0.4) is 0 Å². The van der Waals surface area contributed by atoms with Crippen molar-refractivity contribution in [3.8, 4) is 0 Å². The number of esters is 1. The number of rotatable bonds is 7. The Morgan fingerprint density at radius 3 is 2.32 bits per heavy atom. The average Bonchev–Trinajstić information content (AvgIpc) is 3.88. The molecule has 4 aliphatic rings. The molecule has 17 nitrogen and oxygen atoms in total. The van der Waals surface area contributed by atoms with Crippen LogP contribution in [0.15, 0.2) is 53.9 Å². The first-order valence-electron chi connectivity index (χ1n) is 25.0. The molecule has 2 bridgehead atoms. The number of carbonyl (C=O) groups is 5. The molecule has 15 atom stereocenters. The van der Waals surface area contributed by atoms with E-state index in [4.69, 9.17) is 23.7 Å². The summed E-state index contributed by atoms with van der Waals surface area (Å²) in [5.41, 5.74) is 1.27. The molecular formula is C52H79N5O12. The maximum atomic E-state index is 14.5. The van der Waals surface area contributed by atoms with Gasteiger partial charge < -0.3 is 38.8 Å². The second-order valence-electron chi connectivity index (χ2n) is 20.3. The number of amides is 1. The maximum absolute atomic E-state index is 14.5. The third kappa shape index (κ3) is 14.2. The molecule has 5 rings (SSSR count). The number of aliphatic hydroxyl groups is 2. The Morgan fingerprint density at radius 1 is 0.884 bits per heavy atom. The van der Waals surface area contributed by atoms with E-state index in [2.05, 4.69) is 15.4 Å². The van der Waals surface area contributed by atoms with E-state index in [9.17, 15) is 34.2 Å². The van der Waals surface area contributed by atoms with E-state index in [1.165, 1.54) is 18.3 Å². The van der Waals surface area contributed by atoms with Crippen LogP contribution in [0.5, 0.6) is 0 Å². The number of aromatic nitrogens is 4. The van der Waals surface area contributed by atoms with Gasteiger partial charge in [0.1, 0.15) is 30.1 Å². The summed E-state index contributed by atoms with van der Waals surface area (Å²) in [7, 11) is 4.61. The molecule has 17 heteroatoms. The van der Waals surface area contributed by atoms with Crippen LogP contribution in [-0.2, 0) is 47.7 Å². The van der Waals surface area contributed by atoms with Crippen LogP contribution < -0.4 is 0 Å². The van der Waals surface area contributed by atoms with Gasteiger partial charge in [-0.25, -0.2) is 4.79 Å². The van der Waals surface area contributed by atoms with Crippen LogP contribution in [0.4, 0.5) is 0 Å². The molecule has 2 N–H and O–H groups in total. The standard InChI is InChI=1S/C52H79N5O12/c1-31-16-12-11-13-17-32(2)43(65-8)28-39-21-19-37(7)52(64,69-39)49(61)50(62)56-23-15-14-18-41(56)51(63)68-44(34(4)26-38-20-22-40(45(27-38)66-9)57-54-30-53-55-57)29-42(58)33(3)25-36(6)47(60)48(67-10)46(59)35(5)24-31/h11-13,16-17,25,30-31,33-35,37-41,43-45,47-48,60,64H,14-15,18-24,26-29H2,1-10H3/b13-11+,16-12+,32-17+,36-25+/t31?,33-,34-,35+,37?,38+,39+,40+,41+,43+,44+,45-,47-,48+,52?/m1/s1. The van der Waals surface area contributed by atoms with Gasteiger partial charge in [0, 0.05) is 58.5 Å². The summed E-state index contributed by atoms with van der Waals surface area (Å²) in [5, 5.41) is 35.7. The summed E-state index contributed by atoms with van der Waals surface area (Å²) >= 11 is 0. The number of methoxy groups -OCH3 is 3. The van der Waals surface area contributed by atoms with E-state index < -0.39 is 77.8 Å². The molecule has 1 aromatic rings. The summed E-state index contributed by atoms with van der Waals surface area (Å²) in [5.74, 6) is -7.94. The number of hydrogen-bond donors (Lipinski definition) is 2. The van der Waals surface area contributed by atoms with Crippen molar-refractivity contribution in [2.75, 3.05) is 27.9 Å². The van der Waals surface area contributed by atoms with Crippen LogP contribution >= 0.6 is 0 Å². The van der Waals surface area contributed by atoms with Gasteiger partial charge in [-0.2, -0.15) is 4.80 Å². The fourth-order valence-corrected chi connectivity index (χ4v) is 10.7. The lowest BCUT2D eigenvalue weighted by Gasteiger charge is -2.42. The van der Waals surface area contributed by atoms with Crippen LogP contribution in [0.25, 0.3) is 0 Å². The summed E-state index contributed by atoms with van der Waals surface area (Å²) in [6.45, 7) is 12.8. The molecule has 0 aromatic carbocycles. The molecule has 0 radical (unpaired) electrons. The SMILES string of the molecule is CO[C@H]1C[C@@H]2CCC(C)C(O)(O2)C(=O)C(=O)N2CCCC[C@H]2C(=O)O[C@H]([C@H](C)C[C@@H]2CC[C@H](n3ncnn3)[C@H](OC)C2)CC(=O)[C@H](C)/C=C(\C)[C@@H](O)[C@@H](OC)C(=O)[C@@H](C)CC(C)/C=C/C=C/C=C/1C. The van der Waals surface area contributed by atoms with E-state index in [1.54, 1.807) is 45.9 Å². The zero-order chi connectivity index (χ0) is 50.6. The highest BCUT2D eigenvalue weighted by Gasteiger charge is 2.53. The smallest absolute Gasteiger partial charge is 0.329 e. The van der Waals surface area contributed by atoms with Crippen molar-refractivity contribution < 1.29 is 57.9 Å². The number of piperidine rings is 1. The van der Waals surface area contributed by atoms with Crippen molar-refractivity contribution in [1.82, 2.24) is 25.1 Å². The van der Waals surface area contributed by atoms with Crippen LogP contribution in [0, 0.1) is 35.5 Å². The topological polar surface area (TPSA) is 219 Å². The molecule has 1 amide bonds. The first kappa shape index (κ1) is 55.7. The number of allylic oxidation sites excluding steroid dienone is 6. The van der Waals surface area contributed by atoms with Crippen molar-refractivity contribution in [2.24, 2.45) is 35.5 Å². The predicted molar refractivity (Wildman–Crippen MR) is 256 cm³/mol. The van der Waals surface area contributed by atoms with Gasteiger partial charge in [-0.15, -0.1) is 10.2 Å². The minimum atomic E-state index is -2.43. The Morgan fingerprint density at radius 2 is 1.64 bits per heavy atom. The first-order valence-corrected chi connectivity index (χ1v) is 25.0. The molecule has 3 fully saturated rings. The zero-order valence-corrected chi connectivity index (χ0v) is 42.5. The van der Waals surface area contributed by atoms with Crippen LogP contribution in [0.2, 0.25) is 0 Å². The molecule has 384 valence electrons. The molecule has 4 heterocycles. The minimum Gasteiger partial charge on any atom is -0.460 e. The normalized spacial score (nSPS) is 38.8. The molecular weight excluding hydrogens is 887 g/mol. The Balaban J connectivity index is 1.46. The van der Waals surface area contributed by atoms with Crippen molar-refractivity contribution >= 4 is 29.2 Å². The predicted octanol–water partition coefficient (Wildman–Crippen LogP) is 6.05. The second-order valence-corrected chi connectivity index (χ2v) is 20.3. The van der Waals surface area contributed by atoms with E-state index >= 15 is 0 Å². The number of fused-ring (bicyclic) bond motifs is 3. The minimum absolute atomic E-state index is 0.0168. The fraction of sp³-hybridized carbons (Fsp3) is 0.731. The molecule has 0 spiro atoms. The molecule has 1 aromatic heterocycles. The third-order valence-corrected chi connectivity index (χ3v) is 15.1. The van der Waals surface area contributed by atoms with Crippen molar-refractivity contribution in [3.63, 3.8) is 0 Å². The first-order chi connectivity index (χ1) is 32.8. The summed E-state index contributed by atoms with van der Waals surface area (Å²) in [6, 6.07) is -1.24. The summed E-state index contributed by atoms with van der Waals surface area (Å²) in [4.78, 5) is 73.9. The summed E-state index contributed by atoms with van der Waals surface area (Å²) < 4.78 is 29.9. The van der Waals surface area contributed by atoms with Gasteiger partial charge in [0.25, 0.3) is 11.7 Å². The Labute approximate surface area is 408 Å². The second kappa shape index (κ2) is 25.7. The van der Waals surface area contributed by atoms with Crippen molar-refractivity contribution in [1.29, 1.82) is 0 Å². The number of tetrazole rings is 1. The van der Waals surface area contributed by atoms with Gasteiger partial charge >= 0.3 is 5.97 Å². The molecule has 3 unspecified atom stereocenters. The van der Waals surface area contributed by atoms with Crippen LogP contribution in [-0.4, -0.2) is 141 Å². The molecule has 3 aliphatic heterocycles. The fourth-order valence-electron chi connectivity index (χ4n) is 10.7. The highest BCUT2D eigenvalue weighted by Crippen LogP contribution is 2.39. The van der Waals surface area contributed by atoms with E-state index in [1.807, 2.05) is 58.1 Å². The Kier molecular flexibility index (Phi) is 20.8. The molecule has 69 heavy (non-hydrogen) atoms. The number of nitrogens with zero attached hydrogens (tertiary/aromatic N) is 5. The van der Waals surface area contributed by atoms with Gasteiger partial charge in [0.15, 0.2) is 12.1 Å². The number of ketones is 3. The average molecular weight is 966 g/mol. The number of Topliss-reactive ketones (excluding diaryl/α,β-unsaturated/α-hetero) is 3. The maximum Gasteiger partial charge on any atom is 0.329 e. The quantitative estimate of drug-likeness (QED) is 0.181. The van der Waals surface area contributed by atoms with Gasteiger partial charge in [-0.3, -0.25) is 19.2 Å². The lowest BCUT2D eigenvalue weighted by atomic mass is 9.77. The molecule has 2 saturated heterocycles. The van der Waals surface area contributed by atoms with E-state index in [0.29, 0.717) is 56.9 Å². The number of carbonyl (C=O) groups excluding carboxylic acids is 5. The molecule has 1 aliphatic carbocycles. The number of ether oxygens (including phenoxy) is 5. The van der Waals surface area contributed by atoms with Gasteiger partial charge in [-0.05, 0) is 112 Å². The van der Waals surface area contributed by atoms with Crippen molar-refractivity contribution in [2.45, 2.75) is 180 Å². The molecule has 1 saturated carbocycles. The third-order valence-electron chi connectivity index (χ3n) is 15.1. The Hall–Kier alpha value is -4.26. The highest BCUT2D eigenvalue weighted by molar-refractivity contribution is 6.39. The largest absolute Gasteiger partial charge is 0.460 e. The summed E-state index contributed by atoms with van der Waals surface area (Å²) in [6.07, 6.45) is 13.7. The monoisotopic (exact) mass is 966 g/mol. The zero-order valence-electron chi connectivity index (χ0n) is 42.5. The van der Waals surface area contributed by atoms with Crippen molar-refractivity contribution in [3.05, 3.63) is 53.9 Å². The van der Waals surface area contributed by atoms with E-state index in [-0.39, 0.29) is 60.9 Å². The lowest BCUT2D eigenvalue weighted by molar-refractivity contribution is -0.265. The van der Waals surface area contributed by atoms with E-state index in [0.717, 1.165) is 18.4 Å². The Bertz CT molecular complexity index is 2020. The number of hydrogen-bond acceptors (Lipinski definition) is 15. The van der Waals surface area contributed by atoms with Gasteiger partial charge in [0.05, 0.1) is 24.4 Å². The van der Waals surface area contributed by atoms with Gasteiger partial charge in [0.2, 0.25) is 5.79 Å². The van der Waals surface area contributed by atoms with Gasteiger partial charge in [-0.1, -0.05) is 71.1 Å². The number of cyclic esters (lactones) is 1. The van der Waals surface area contributed by atoms with Crippen LogP contribution in [0.1, 0.15) is 132 Å². The number of aliphatic hydroxyl groups excluding tert-OH is 1.